The summed E-state index contributed by atoms with van der Waals surface area (Å²) in [4.78, 5) is 10.6. The van der Waals surface area contributed by atoms with E-state index in [1.54, 1.807) is 0 Å². The van der Waals surface area contributed by atoms with Crippen LogP contribution in [0.4, 0.5) is 19.1 Å². The van der Waals surface area contributed by atoms with Crippen LogP contribution < -0.4 is 5.32 Å². The van der Waals surface area contributed by atoms with Crippen LogP contribution in [0.5, 0.6) is 0 Å². The molecule has 1 aromatic carbocycles. The summed E-state index contributed by atoms with van der Waals surface area (Å²) in [6.07, 6.45) is -0.778. The average molecular weight is 446 g/mol. The number of hydrogen-bond acceptors (Lipinski definition) is 3. The molecule has 126 valence electrons. The van der Waals surface area contributed by atoms with Crippen LogP contribution in [0.1, 0.15) is 16.8 Å². The molecular formula is C16H14F3IN4. The zero-order chi connectivity index (χ0) is 17.3. The summed E-state index contributed by atoms with van der Waals surface area (Å²) in [5.41, 5.74) is 2.40. The number of anilines is 1. The van der Waals surface area contributed by atoms with Gasteiger partial charge in [-0.2, -0.15) is 13.2 Å². The number of nitrogens with one attached hydrogen (secondary N) is 2. The summed E-state index contributed by atoms with van der Waals surface area (Å²) >= 11 is 2.28. The topological polar surface area (TPSA) is 53.6 Å². The Labute approximate surface area is 150 Å². The first-order valence-electron chi connectivity index (χ1n) is 7.25. The number of nitrogens with zero attached hydrogens (tertiary/aromatic N) is 2. The summed E-state index contributed by atoms with van der Waals surface area (Å²) in [5.74, 6) is -0.0181. The van der Waals surface area contributed by atoms with Crippen molar-refractivity contribution in [2.24, 2.45) is 0 Å². The molecule has 0 radical (unpaired) electrons. The van der Waals surface area contributed by atoms with Gasteiger partial charge < -0.3 is 10.3 Å². The van der Waals surface area contributed by atoms with E-state index < -0.39 is 11.9 Å². The summed E-state index contributed by atoms with van der Waals surface area (Å²) in [7, 11) is 0. The van der Waals surface area contributed by atoms with E-state index in [9.17, 15) is 13.2 Å². The molecule has 2 N–H and O–H groups in total. The number of fused-ring (bicyclic) bond motifs is 1. The minimum atomic E-state index is -4.47. The molecule has 0 aliphatic carbocycles. The summed E-state index contributed by atoms with van der Waals surface area (Å²) in [6.45, 7) is 2.48. The van der Waals surface area contributed by atoms with E-state index in [1.165, 1.54) is 5.56 Å². The first-order chi connectivity index (χ1) is 11.3. The Morgan fingerprint density at radius 2 is 2.08 bits per heavy atom. The molecule has 24 heavy (non-hydrogen) atoms. The molecule has 3 aromatic rings. The Morgan fingerprint density at radius 3 is 2.83 bits per heavy atom. The van der Waals surface area contributed by atoms with Gasteiger partial charge in [0.2, 0.25) is 5.95 Å². The minimum Gasteiger partial charge on any atom is -0.360 e. The zero-order valence-corrected chi connectivity index (χ0v) is 14.9. The fraction of sp³-hybridized carbons (Fsp3) is 0.250. The minimum absolute atomic E-state index is 0.0181. The van der Waals surface area contributed by atoms with E-state index in [1.807, 2.05) is 13.1 Å². The van der Waals surface area contributed by atoms with Gasteiger partial charge in [0.1, 0.15) is 5.69 Å². The molecule has 2 aromatic heterocycles. The highest BCUT2D eigenvalue weighted by Crippen LogP contribution is 2.28. The molecule has 0 aliphatic heterocycles. The molecule has 0 aliphatic rings. The third-order valence-electron chi connectivity index (χ3n) is 3.59. The Bertz CT molecular complexity index is 873. The van der Waals surface area contributed by atoms with Gasteiger partial charge >= 0.3 is 6.18 Å². The number of aromatic nitrogens is 3. The van der Waals surface area contributed by atoms with Crippen molar-refractivity contribution in [2.75, 3.05) is 11.9 Å². The predicted molar refractivity (Wildman–Crippen MR) is 95.0 cm³/mol. The number of alkyl halides is 3. The highest BCUT2D eigenvalue weighted by molar-refractivity contribution is 14.1. The molecular weight excluding hydrogens is 432 g/mol. The van der Waals surface area contributed by atoms with Crippen LogP contribution in [0, 0.1) is 10.5 Å². The lowest BCUT2D eigenvalue weighted by Gasteiger charge is -2.08. The van der Waals surface area contributed by atoms with E-state index in [0.717, 1.165) is 32.3 Å². The molecule has 0 saturated carbocycles. The fourth-order valence-electron chi connectivity index (χ4n) is 2.50. The van der Waals surface area contributed by atoms with Crippen LogP contribution in [0.3, 0.4) is 0 Å². The number of aromatic amines is 1. The van der Waals surface area contributed by atoms with Gasteiger partial charge in [0.25, 0.3) is 0 Å². The number of halogens is 4. The van der Waals surface area contributed by atoms with E-state index in [-0.39, 0.29) is 5.95 Å². The third-order valence-corrected chi connectivity index (χ3v) is 4.45. The van der Waals surface area contributed by atoms with Crippen molar-refractivity contribution in [1.29, 1.82) is 0 Å². The largest absolute Gasteiger partial charge is 0.433 e. The second-order valence-corrected chi connectivity index (χ2v) is 6.59. The summed E-state index contributed by atoms with van der Waals surface area (Å²) < 4.78 is 39.1. The lowest BCUT2D eigenvalue weighted by molar-refractivity contribution is -0.141. The number of aryl methyl sites for hydroxylation is 1. The first kappa shape index (κ1) is 17.0. The smallest absolute Gasteiger partial charge is 0.360 e. The van der Waals surface area contributed by atoms with Crippen LogP contribution in [-0.4, -0.2) is 21.5 Å². The van der Waals surface area contributed by atoms with Gasteiger partial charge in [-0.15, -0.1) is 0 Å². The van der Waals surface area contributed by atoms with Crippen molar-refractivity contribution in [1.82, 2.24) is 15.0 Å². The fourth-order valence-corrected chi connectivity index (χ4v) is 3.43. The van der Waals surface area contributed by atoms with Crippen LogP contribution in [0.25, 0.3) is 10.9 Å². The number of rotatable bonds is 4. The Hall–Kier alpha value is -1.84. The maximum Gasteiger partial charge on any atom is 0.433 e. The molecule has 0 atom stereocenters. The van der Waals surface area contributed by atoms with Crippen LogP contribution in [0.15, 0.2) is 30.6 Å². The molecule has 4 nitrogen and oxygen atoms in total. The zero-order valence-electron chi connectivity index (χ0n) is 12.7. The van der Waals surface area contributed by atoms with Crippen molar-refractivity contribution in [3.8, 4) is 0 Å². The van der Waals surface area contributed by atoms with Gasteiger partial charge in [0.05, 0.1) is 5.52 Å². The van der Waals surface area contributed by atoms with Gasteiger partial charge in [-0.3, -0.25) is 0 Å². The van der Waals surface area contributed by atoms with Crippen molar-refractivity contribution >= 4 is 39.4 Å². The highest BCUT2D eigenvalue weighted by Gasteiger charge is 2.32. The molecule has 0 amide bonds. The van der Waals surface area contributed by atoms with Crippen LogP contribution in [0.2, 0.25) is 0 Å². The monoisotopic (exact) mass is 446 g/mol. The number of benzene rings is 1. The second kappa shape index (κ2) is 6.58. The summed E-state index contributed by atoms with van der Waals surface area (Å²) in [5, 5.41) is 3.98. The first-order valence-corrected chi connectivity index (χ1v) is 8.32. The average Bonchev–Trinajstić information content (AvgIpc) is 2.90. The van der Waals surface area contributed by atoms with E-state index in [4.69, 9.17) is 0 Å². The van der Waals surface area contributed by atoms with E-state index in [2.05, 4.69) is 55.0 Å². The molecule has 0 spiro atoms. The van der Waals surface area contributed by atoms with Crippen molar-refractivity contribution in [2.45, 2.75) is 19.5 Å². The quantitative estimate of drug-likeness (QED) is 0.579. The normalized spacial score (nSPS) is 11.9. The molecule has 3 rings (SSSR count). The van der Waals surface area contributed by atoms with E-state index in [0.29, 0.717) is 13.0 Å². The van der Waals surface area contributed by atoms with Gasteiger partial charge in [0.15, 0.2) is 0 Å². The van der Waals surface area contributed by atoms with Gasteiger partial charge in [-0.1, -0.05) is 0 Å². The Balaban J connectivity index is 1.71. The molecule has 0 fully saturated rings. The van der Waals surface area contributed by atoms with Gasteiger partial charge in [-0.25, -0.2) is 9.97 Å². The highest BCUT2D eigenvalue weighted by atomic mass is 127. The molecule has 0 unspecified atom stereocenters. The van der Waals surface area contributed by atoms with E-state index >= 15 is 0 Å². The van der Waals surface area contributed by atoms with Crippen LogP contribution in [-0.2, 0) is 12.6 Å². The maximum atomic E-state index is 12.6. The molecule has 0 bridgehead atoms. The van der Waals surface area contributed by atoms with Gasteiger partial charge in [0, 0.05) is 27.9 Å². The summed E-state index contributed by atoms with van der Waals surface area (Å²) in [6, 6.07) is 5.05. The van der Waals surface area contributed by atoms with Crippen LogP contribution >= 0.6 is 22.6 Å². The number of H-pyrrole nitrogens is 1. The Morgan fingerprint density at radius 1 is 1.29 bits per heavy atom. The SMILES string of the molecule is Cc1cc(I)c2[nH]cc(CCNc3nccc(C(F)(F)F)n3)c2c1. The second-order valence-electron chi connectivity index (χ2n) is 5.42. The van der Waals surface area contributed by atoms with Gasteiger partial charge in [-0.05, 0) is 65.3 Å². The van der Waals surface area contributed by atoms with Crippen molar-refractivity contribution < 1.29 is 13.2 Å². The number of hydrogen-bond donors (Lipinski definition) is 2. The standard InChI is InChI=1S/C16H14F3IN4/c1-9-6-11-10(8-23-14(11)12(20)7-9)2-4-21-15-22-5-3-13(24-15)16(17,18)19/h3,5-8,23H,2,4H2,1H3,(H,21,22,24). The maximum absolute atomic E-state index is 12.6. The van der Waals surface area contributed by atoms with Crippen molar-refractivity contribution in [3.05, 3.63) is 51.0 Å². The molecule has 8 heteroatoms. The lowest BCUT2D eigenvalue weighted by atomic mass is 10.1. The lowest BCUT2D eigenvalue weighted by Crippen LogP contribution is -2.13. The predicted octanol–water partition coefficient (Wildman–Crippen LogP) is 4.54. The Kier molecular flexibility index (Phi) is 4.66. The third kappa shape index (κ3) is 3.63. The molecule has 2 heterocycles. The van der Waals surface area contributed by atoms with Crippen molar-refractivity contribution in [3.63, 3.8) is 0 Å². The molecule has 0 saturated heterocycles.